The van der Waals surface area contributed by atoms with Gasteiger partial charge in [-0.05, 0) is 31.5 Å². The van der Waals surface area contributed by atoms with E-state index in [1.165, 1.54) is 0 Å². The zero-order valence-electron chi connectivity index (χ0n) is 9.63. The fourth-order valence-electron chi connectivity index (χ4n) is 1.78. The SMILES string of the molecule is CC1(NC(=O)c2ccc(N)c(Cl)c2)CCOC1. The molecule has 2 rings (SSSR count). The van der Waals surface area contributed by atoms with Crippen LogP contribution in [-0.2, 0) is 4.74 Å². The molecule has 1 amide bonds. The number of hydrogen-bond acceptors (Lipinski definition) is 3. The van der Waals surface area contributed by atoms with Crippen molar-refractivity contribution < 1.29 is 9.53 Å². The summed E-state index contributed by atoms with van der Waals surface area (Å²) in [7, 11) is 0. The molecule has 17 heavy (non-hydrogen) atoms. The van der Waals surface area contributed by atoms with E-state index in [9.17, 15) is 4.79 Å². The summed E-state index contributed by atoms with van der Waals surface area (Å²) >= 11 is 5.88. The van der Waals surface area contributed by atoms with Crippen molar-refractivity contribution in [1.82, 2.24) is 5.32 Å². The lowest BCUT2D eigenvalue weighted by Crippen LogP contribution is -2.46. The van der Waals surface area contributed by atoms with Crippen LogP contribution in [0.4, 0.5) is 5.69 Å². The Kier molecular flexibility index (Phi) is 3.26. The Morgan fingerprint density at radius 2 is 2.35 bits per heavy atom. The van der Waals surface area contributed by atoms with Crippen molar-refractivity contribution in [2.45, 2.75) is 18.9 Å². The van der Waals surface area contributed by atoms with Crippen LogP contribution in [0.15, 0.2) is 18.2 Å². The van der Waals surface area contributed by atoms with Crippen LogP contribution in [0.1, 0.15) is 23.7 Å². The van der Waals surface area contributed by atoms with E-state index >= 15 is 0 Å². The largest absolute Gasteiger partial charge is 0.398 e. The van der Waals surface area contributed by atoms with Crippen molar-refractivity contribution in [3.63, 3.8) is 0 Å². The first kappa shape index (κ1) is 12.2. The van der Waals surface area contributed by atoms with Gasteiger partial charge in [0.05, 0.1) is 22.9 Å². The third kappa shape index (κ3) is 2.70. The van der Waals surface area contributed by atoms with E-state index < -0.39 is 0 Å². The second-order valence-electron chi connectivity index (χ2n) is 4.55. The van der Waals surface area contributed by atoms with Gasteiger partial charge in [-0.2, -0.15) is 0 Å². The van der Waals surface area contributed by atoms with Crippen molar-refractivity contribution in [1.29, 1.82) is 0 Å². The predicted octanol–water partition coefficient (Wildman–Crippen LogP) is 1.83. The van der Waals surface area contributed by atoms with E-state index in [1.807, 2.05) is 6.92 Å². The Morgan fingerprint density at radius 3 is 2.94 bits per heavy atom. The number of carbonyl (C=O) groups is 1. The molecule has 1 fully saturated rings. The molecule has 1 unspecified atom stereocenters. The van der Waals surface area contributed by atoms with Crippen molar-refractivity contribution in [3.8, 4) is 0 Å². The molecule has 1 aliphatic rings. The third-order valence-electron chi connectivity index (χ3n) is 2.90. The van der Waals surface area contributed by atoms with Crippen LogP contribution in [0.25, 0.3) is 0 Å². The third-order valence-corrected chi connectivity index (χ3v) is 3.22. The van der Waals surface area contributed by atoms with Gasteiger partial charge < -0.3 is 15.8 Å². The second kappa shape index (κ2) is 4.55. The molecule has 0 radical (unpaired) electrons. The molecular formula is C12H15ClN2O2. The Balaban J connectivity index is 2.11. The Bertz CT molecular complexity index is 442. The van der Waals surface area contributed by atoms with Gasteiger partial charge >= 0.3 is 0 Å². The summed E-state index contributed by atoms with van der Waals surface area (Å²) in [5, 5.41) is 3.35. The topological polar surface area (TPSA) is 64.4 Å². The molecular weight excluding hydrogens is 240 g/mol. The number of hydrogen-bond donors (Lipinski definition) is 2. The van der Waals surface area contributed by atoms with Crippen molar-refractivity contribution in [2.75, 3.05) is 18.9 Å². The van der Waals surface area contributed by atoms with E-state index in [1.54, 1.807) is 18.2 Å². The first-order valence-corrected chi connectivity index (χ1v) is 5.83. The van der Waals surface area contributed by atoms with Gasteiger partial charge in [0, 0.05) is 12.2 Å². The molecule has 1 heterocycles. The lowest BCUT2D eigenvalue weighted by molar-refractivity contribution is 0.0890. The Morgan fingerprint density at radius 1 is 1.59 bits per heavy atom. The molecule has 0 spiro atoms. The summed E-state index contributed by atoms with van der Waals surface area (Å²) in [5.41, 5.74) is 6.29. The van der Waals surface area contributed by atoms with Crippen LogP contribution in [0.2, 0.25) is 5.02 Å². The average molecular weight is 255 g/mol. The second-order valence-corrected chi connectivity index (χ2v) is 4.96. The van der Waals surface area contributed by atoms with E-state index in [0.717, 1.165) is 6.42 Å². The van der Waals surface area contributed by atoms with Gasteiger partial charge in [0.1, 0.15) is 0 Å². The Hall–Kier alpha value is -1.26. The number of amides is 1. The molecule has 0 saturated carbocycles. The number of rotatable bonds is 2. The van der Waals surface area contributed by atoms with Crippen LogP contribution in [-0.4, -0.2) is 24.7 Å². The Labute approximate surface area is 105 Å². The molecule has 1 saturated heterocycles. The number of carbonyl (C=O) groups excluding carboxylic acids is 1. The van der Waals surface area contributed by atoms with Crippen LogP contribution in [0.5, 0.6) is 0 Å². The highest BCUT2D eigenvalue weighted by Crippen LogP contribution is 2.22. The fourth-order valence-corrected chi connectivity index (χ4v) is 1.96. The molecule has 1 aromatic carbocycles. The minimum atomic E-state index is -0.287. The van der Waals surface area contributed by atoms with Crippen molar-refractivity contribution >= 4 is 23.2 Å². The van der Waals surface area contributed by atoms with E-state index in [-0.39, 0.29) is 11.4 Å². The number of nitrogens with two attached hydrogens (primary N) is 1. The number of benzene rings is 1. The van der Waals surface area contributed by atoms with Gasteiger partial charge in [0.15, 0.2) is 0 Å². The fraction of sp³-hybridized carbons (Fsp3) is 0.417. The lowest BCUT2D eigenvalue weighted by atomic mass is 10.0. The van der Waals surface area contributed by atoms with Crippen molar-refractivity contribution in [2.24, 2.45) is 0 Å². The monoisotopic (exact) mass is 254 g/mol. The number of nitrogens with one attached hydrogen (secondary N) is 1. The maximum absolute atomic E-state index is 12.0. The zero-order chi connectivity index (χ0) is 12.5. The minimum Gasteiger partial charge on any atom is -0.398 e. The zero-order valence-corrected chi connectivity index (χ0v) is 10.4. The molecule has 0 aliphatic carbocycles. The number of ether oxygens (including phenoxy) is 1. The summed E-state index contributed by atoms with van der Waals surface area (Å²) < 4.78 is 5.28. The van der Waals surface area contributed by atoms with Gasteiger partial charge in [0.2, 0.25) is 0 Å². The molecule has 0 bridgehead atoms. The molecule has 5 heteroatoms. The molecule has 1 aromatic rings. The summed E-state index contributed by atoms with van der Waals surface area (Å²) in [5.74, 6) is -0.153. The summed E-state index contributed by atoms with van der Waals surface area (Å²) in [6, 6.07) is 4.87. The lowest BCUT2D eigenvalue weighted by Gasteiger charge is -2.23. The van der Waals surface area contributed by atoms with Crippen LogP contribution >= 0.6 is 11.6 Å². The summed E-state index contributed by atoms with van der Waals surface area (Å²) in [6.07, 6.45) is 0.821. The highest BCUT2D eigenvalue weighted by atomic mass is 35.5. The normalized spacial score (nSPS) is 23.6. The molecule has 1 atom stereocenters. The van der Waals surface area contributed by atoms with Gasteiger partial charge in [-0.15, -0.1) is 0 Å². The number of halogens is 1. The van der Waals surface area contributed by atoms with Gasteiger partial charge in [-0.1, -0.05) is 11.6 Å². The van der Waals surface area contributed by atoms with E-state index in [4.69, 9.17) is 22.1 Å². The summed E-state index contributed by atoms with van der Waals surface area (Å²) in [4.78, 5) is 12.0. The molecule has 0 aromatic heterocycles. The smallest absolute Gasteiger partial charge is 0.251 e. The highest BCUT2D eigenvalue weighted by molar-refractivity contribution is 6.33. The molecule has 3 N–H and O–H groups in total. The quantitative estimate of drug-likeness (QED) is 0.792. The van der Waals surface area contributed by atoms with E-state index in [0.29, 0.717) is 29.5 Å². The van der Waals surface area contributed by atoms with Crippen LogP contribution in [0.3, 0.4) is 0 Å². The maximum Gasteiger partial charge on any atom is 0.251 e. The highest BCUT2D eigenvalue weighted by Gasteiger charge is 2.31. The first-order chi connectivity index (χ1) is 8.00. The van der Waals surface area contributed by atoms with Crippen molar-refractivity contribution in [3.05, 3.63) is 28.8 Å². The number of nitrogen functional groups attached to an aromatic ring is 1. The average Bonchev–Trinajstić information content (AvgIpc) is 2.69. The van der Waals surface area contributed by atoms with E-state index in [2.05, 4.69) is 5.32 Å². The first-order valence-electron chi connectivity index (χ1n) is 5.45. The van der Waals surface area contributed by atoms with Gasteiger partial charge in [-0.25, -0.2) is 0 Å². The maximum atomic E-state index is 12.0. The minimum absolute atomic E-state index is 0.153. The van der Waals surface area contributed by atoms with Gasteiger partial charge in [0.25, 0.3) is 5.91 Å². The summed E-state index contributed by atoms with van der Waals surface area (Å²) in [6.45, 7) is 3.19. The molecule has 92 valence electrons. The molecule has 1 aliphatic heterocycles. The van der Waals surface area contributed by atoms with Gasteiger partial charge in [-0.3, -0.25) is 4.79 Å². The number of anilines is 1. The van der Waals surface area contributed by atoms with Crippen LogP contribution < -0.4 is 11.1 Å². The standard InChI is InChI=1S/C12H15ClN2O2/c1-12(4-5-17-7-12)15-11(16)8-2-3-10(14)9(13)6-8/h2-3,6H,4-5,7,14H2,1H3,(H,15,16). The predicted molar refractivity (Wildman–Crippen MR) is 67.2 cm³/mol. The van der Waals surface area contributed by atoms with Crippen LogP contribution in [0, 0.1) is 0 Å². The molecule has 4 nitrogen and oxygen atoms in total.